The number of fused-ring (bicyclic) bond motifs is 1. The van der Waals surface area contributed by atoms with Crippen LogP contribution in [0.25, 0.3) is 11.0 Å². The van der Waals surface area contributed by atoms with Crippen molar-refractivity contribution in [1.29, 1.82) is 0 Å². The largest absolute Gasteiger partial charge is 0.273 e. The minimum atomic E-state index is -0.243. The molecule has 0 N–H and O–H groups in total. The Hall–Kier alpha value is -2.08. The second-order valence-electron chi connectivity index (χ2n) is 7.75. The van der Waals surface area contributed by atoms with Gasteiger partial charge in [-0.25, -0.2) is 9.66 Å². The van der Waals surface area contributed by atoms with Gasteiger partial charge in [0.1, 0.15) is 4.64 Å². The van der Waals surface area contributed by atoms with Crippen molar-refractivity contribution in [2.24, 2.45) is 11.8 Å². The van der Waals surface area contributed by atoms with E-state index >= 15 is 0 Å². The van der Waals surface area contributed by atoms with Crippen LogP contribution in [0.2, 0.25) is 0 Å². The van der Waals surface area contributed by atoms with E-state index in [9.17, 15) is 9.59 Å². The third kappa shape index (κ3) is 5.01. The Labute approximate surface area is 166 Å². The smallest absolute Gasteiger partial charge is 0.248 e. The lowest BCUT2D eigenvalue weighted by Crippen LogP contribution is -2.47. The van der Waals surface area contributed by atoms with Crippen molar-refractivity contribution < 1.29 is 9.59 Å². The summed E-state index contributed by atoms with van der Waals surface area (Å²) in [5, 5.41) is 2.10. The van der Waals surface area contributed by atoms with Gasteiger partial charge in [0.15, 0.2) is 5.65 Å². The topological polar surface area (TPSA) is 55.2 Å². The molecule has 0 bridgehead atoms. The molecule has 6 heteroatoms. The fourth-order valence-electron chi connectivity index (χ4n) is 3.05. The highest BCUT2D eigenvalue weighted by Crippen LogP contribution is 2.20. The first-order chi connectivity index (χ1) is 12.8. The van der Waals surface area contributed by atoms with E-state index in [2.05, 4.69) is 11.9 Å². The maximum atomic E-state index is 13.1. The summed E-state index contributed by atoms with van der Waals surface area (Å²) < 4.78 is 2.04. The predicted molar refractivity (Wildman–Crippen MR) is 112 cm³/mol. The third-order valence-corrected chi connectivity index (χ3v) is 4.61. The van der Waals surface area contributed by atoms with Gasteiger partial charge in [-0.15, -0.1) is 0 Å². The quantitative estimate of drug-likeness (QED) is 0.640. The number of imide groups is 1. The summed E-state index contributed by atoms with van der Waals surface area (Å²) in [6, 6.07) is 5.80. The summed E-state index contributed by atoms with van der Waals surface area (Å²) in [4.78, 5) is 30.5. The molecule has 0 saturated carbocycles. The Bertz CT molecular complexity index is 865. The molecule has 0 spiro atoms. The Morgan fingerprint density at radius 2 is 1.74 bits per heavy atom. The van der Waals surface area contributed by atoms with Gasteiger partial charge in [0.2, 0.25) is 11.8 Å². The minimum absolute atomic E-state index is 0.138. The zero-order valence-electron chi connectivity index (χ0n) is 16.9. The van der Waals surface area contributed by atoms with Crippen molar-refractivity contribution in [3.63, 3.8) is 0 Å². The number of carbonyl (C=O) groups excluding carboxylic acids is 2. The van der Waals surface area contributed by atoms with Crippen LogP contribution in [0, 0.1) is 16.5 Å². The summed E-state index contributed by atoms with van der Waals surface area (Å²) >= 11 is 5.70. The van der Waals surface area contributed by atoms with Gasteiger partial charge in [0, 0.05) is 24.4 Å². The van der Waals surface area contributed by atoms with E-state index < -0.39 is 0 Å². The molecule has 2 heterocycles. The molecule has 0 aliphatic carbocycles. The van der Waals surface area contributed by atoms with Crippen molar-refractivity contribution in [3.8, 4) is 0 Å². The maximum absolute atomic E-state index is 13.1. The van der Waals surface area contributed by atoms with E-state index in [1.165, 1.54) is 5.01 Å². The number of hydrogen-bond acceptors (Lipinski definition) is 4. The van der Waals surface area contributed by atoms with Gasteiger partial charge in [-0.05, 0) is 42.0 Å². The molecule has 0 aromatic carbocycles. The molecule has 2 rings (SSSR count). The van der Waals surface area contributed by atoms with E-state index in [-0.39, 0.29) is 36.5 Å². The van der Waals surface area contributed by atoms with Crippen molar-refractivity contribution in [3.05, 3.63) is 34.6 Å². The zero-order valence-corrected chi connectivity index (χ0v) is 17.7. The molecular formula is C21H29N3O2S. The maximum Gasteiger partial charge on any atom is 0.248 e. The average Bonchev–Trinajstić information content (AvgIpc) is 2.57. The normalized spacial score (nSPS) is 11.4. The molecule has 2 aromatic rings. The van der Waals surface area contributed by atoms with Gasteiger partial charge in [-0.3, -0.25) is 9.59 Å². The third-order valence-electron chi connectivity index (χ3n) is 4.17. The van der Waals surface area contributed by atoms with Crippen LogP contribution >= 0.6 is 12.2 Å². The van der Waals surface area contributed by atoms with Gasteiger partial charge >= 0.3 is 0 Å². The van der Waals surface area contributed by atoms with Crippen LogP contribution in [-0.2, 0) is 16.0 Å². The molecule has 0 radical (unpaired) electrons. The first kappa shape index (κ1) is 21.2. The average molecular weight is 388 g/mol. The fraction of sp³-hybridized carbons (Fsp3) is 0.524. The first-order valence-corrected chi connectivity index (χ1v) is 10.0. The van der Waals surface area contributed by atoms with E-state index in [1.54, 1.807) is 10.9 Å². The van der Waals surface area contributed by atoms with Gasteiger partial charge in [0.25, 0.3) is 0 Å². The van der Waals surface area contributed by atoms with Crippen LogP contribution < -0.4 is 5.01 Å². The Morgan fingerprint density at radius 3 is 2.26 bits per heavy atom. The Kier molecular flexibility index (Phi) is 7.25. The van der Waals surface area contributed by atoms with Gasteiger partial charge < -0.3 is 0 Å². The number of nitrogens with zero attached hydrogens (tertiary/aromatic N) is 3. The number of aromatic nitrogens is 2. The highest BCUT2D eigenvalue weighted by Gasteiger charge is 2.27. The molecule has 0 unspecified atom stereocenters. The van der Waals surface area contributed by atoms with Crippen LogP contribution in [0.15, 0.2) is 24.4 Å². The SMILES string of the molecule is CCCc1cc2cccnc2n(N(C(=O)CC(C)C)C(=O)CC(C)C)c1=S. The van der Waals surface area contributed by atoms with Crippen LogP contribution in [0.4, 0.5) is 0 Å². The standard InChI is InChI=1S/C21H29N3O2S/c1-6-8-17-13-16-9-7-10-22-20(16)24(21(17)27)23(18(25)11-14(2)3)19(26)12-15(4)5/h7,9-10,13-15H,6,8,11-12H2,1-5H3. The molecule has 0 aliphatic heterocycles. The zero-order chi connectivity index (χ0) is 20.1. The number of rotatable bonds is 7. The molecule has 0 fully saturated rings. The second-order valence-corrected chi connectivity index (χ2v) is 8.13. The fourth-order valence-corrected chi connectivity index (χ4v) is 3.38. The monoisotopic (exact) mass is 387 g/mol. The number of carbonyl (C=O) groups is 2. The highest BCUT2D eigenvalue weighted by molar-refractivity contribution is 7.71. The van der Waals surface area contributed by atoms with E-state index in [1.807, 2.05) is 45.9 Å². The van der Waals surface area contributed by atoms with Gasteiger partial charge in [-0.2, -0.15) is 5.01 Å². The lowest BCUT2D eigenvalue weighted by molar-refractivity contribution is -0.129. The van der Waals surface area contributed by atoms with Crippen LogP contribution in [0.3, 0.4) is 0 Å². The summed E-state index contributed by atoms with van der Waals surface area (Å²) in [5.74, 6) is -0.210. The molecule has 146 valence electrons. The van der Waals surface area contributed by atoms with E-state index in [0.29, 0.717) is 10.3 Å². The van der Waals surface area contributed by atoms with Crippen molar-refractivity contribution >= 4 is 35.1 Å². The lowest BCUT2D eigenvalue weighted by atomic mass is 10.1. The molecule has 0 atom stereocenters. The second kappa shape index (κ2) is 9.22. The molecular weight excluding hydrogens is 358 g/mol. The first-order valence-electron chi connectivity index (χ1n) is 9.61. The molecule has 2 aromatic heterocycles. The molecule has 0 aliphatic rings. The van der Waals surface area contributed by atoms with Crippen molar-refractivity contribution in [2.75, 3.05) is 5.01 Å². The molecule has 2 amide bonds. The van der Waals surface area contributed by atoms with Crippen molar-refractivity contribution in [2.45, 2.75) is 60.3 Å². The van der Waals surface area contributed by atoms with E-state index in [4.69, 9.17) is 12.2 Å². The molecule has 5 nitrogen and oxygen atoms in total. The van der Waals surface area contributed by atoms with Crippen LogP contribution in [0.1, 0.15) is 59.4 Å². The lowest BCUT2D eigenvalue weighted by Gasteiger charge is -2.27. The van der Waals surface area contributed by atoms with Crippen LogP contribution in [0.5, 0.6) is 0 Å². The molecule has 27 heavy (non-hydrogen) atoms. The molecule has 0 saturated heterocycles. The van der Waals surface area contributed by atoms with Gasteiger partial charge in [-0.1, -0.05) is 53.3 Å². The number of amides is 2. The number of pyridine rings is 2. The highest BCUT2D eigenvalue weighted by atomic mass is 32.1. The minimum Gasteiger partial charge on any atom is -0.273 e. The van der Waals surface area contributed by atoms with E-state index in [0.717, 1.165) is 23.8 Å². The van der Waals surface area contributed by atoms with Crippen molar-refractivity contribution in [1.82, 2.24) is 9.66 Å². The van der Waals surface area contributed by atoms with Crippen LogP contribution in [-0.4, -0.2) is 21.5 Å². The summed E-state index contributed by atoms with van der Waals surface area (Å²) in [6.45, 7) is 9.94. The Balaban J connectivity index is 2.74. The summed E-state index contributed by atoms with van der Waals surface area (Å²) in [7, 11) is 0. The van der Waals surface area contributed by atoms with Gasteiger partial charge in [0.05, 0.1) is 0 Å². The number of hydrogen-bond donors (Lipinski definition) is 0. The summed E-state index contributed by atoms with van der Waals surface area (Å²) in [5.41, 5.74) is 1.49. The number of aryl methyl sites for hydroxylation is 1. The Morgan fingerprint density at radius 1 is 1.15 bits per heavy atom. The predicted octanol–water partition coefficient (Wildman–Crippen LogP) is 4.80. The summed E-state index contributed by atoms with van der Waals surface area (Å²) in [6.07, 6.45) is 3.92.